The lowest BCUT2D eigenvalue weighted by molar-refractivity contribution is -0.148. The van der Waals surface area contributed by atoms with Crippen LogP contribution in [0.1, 0.15) is 113 Å². The molecule has 4 aliphatic rings. The van der Waals surface area contributed by atoms with Crippen LogP contribution in [-0.2, 0) is 20.3 Å². The molecule has 1 unspecified atom stereocenters. The predicted octanol–water partition coefficient (Wildman–Crippen LogP) is 9.38. The lowest BCUT2D eigenvalue weighted by Crippen LogP contribution is -2.55. The van der Waals surface area contributed by atoms with E-state index in [1.165, 1.54) is 57.4 Å². The molecular formula is C37H56O3S. The third-order valence-corrected chi connectivity index (χ3v) is 14.5. The Balaban J connectivity index is 1.47. The average Bonchev–Trinajstić information content (AvgIpc) is 3.30. The molecule has 5 rings (SSSR count). The Kier molecular flexibility index (Phi) is 9.30. The van der Waals surface area contributed by atoms with Gasteiger partial charge in [0.2, 0.25) is 0 Å². The Labute approximate surface area is 253 Å². The summed E-state index contributed by atoms with van der Waals surface area (Å²) in [5.74, 6) is 4.55. The molecule has 0 aromatic heterocycles. The monoisotopic (exact) mass is 580 g/mol. The molecule has 1 aromatic rings. The third-order valence-electron chi connectivity index (χ3n) is 12.8. The van der Waals surface area contributed by atoms with Crippen LogP contribution in [0.25, 0.3) is 0 Å². The molecule has 0 bridgehead atoms. The summed E-state index contributed by atoms with van der Waals surface area (Å²) in [7, 11) is -1.09. The van der Waals surface area contributed by atoms with E-state index < -0.39 is 10.8 Å². The van der Waals surface area contributed by atoms with Crippen molar-refractivity contribution in [1.82, 2.24) is 0 Å². The number of rotatable bonds is 9. The zero-order chi connectivity index (χ0) is 29.5. The fraction of sp³-hybridized carbons (Fsp3) is 0.757. The molecular weight excluding hydrogens is 524 g/mol. The highest BCUT2D eigenvalue weighted by molar-refractivity contribution is 7.85. The van der Waals surface area contributed by atoms with E-state index in [2.05, 4.69) is 59.8 Å². The molecule has 0 amide bonds. The Morgan fingerprint density at radius 1 is 1.00 bits per heavy atom. The van der Waals surface area contributed by atoms with Gasteiger partial charge in [0.15, 0.2) is 0 Å². The quantitative estimate of drug-likeness (QED) is 0.216. The van der Waals surface area contributed by atoms with E-state index in [0.717, 1.165) is 47.8 Å². The summed E-state index contributed by atoms with van der Waals surface area (Å²) in [6.45, 7) is 16.3. The number of carbonyl (C=O) groups is 1. The van der Waals surface area contributed by atoms with Crippen LogP contribution in [0, 0.1) is 52.3 Å². The van der Waals surface area contributed by atoms with Crippen molar-refractivity contribution in [2.75, 3.05) is 0 Å². The molecule has 228 valence electrons. The minimum Gasteiger partial charge on any atom is -0.462 e. The molecule has 4 heteroatoms. The van der Waals surface area contributed by atoms with Gasteiger partial charge in [0.25, 0.3) is 0 Å². The second-order valence-electron chi connectivity index (χ2n) is 15.1. The van der Waals surface area contributed by atoms with E-state index in [1.54, 1.807) is 0 Å². The lowest BCUT2D eigenvalue weighted by Gasteiger charge is -2.60. The van der Waals surface area contributed by atoms with Crippen LogP contribution in [0.2, 0.25) is 0 Å². The molecule has 11 atom stereocenters. The number of ether oxygens (including phenoxy) is 1. The highest BCUT2D eigenvalue weighted by atomic mass is 32.2. The highest BCUT2D eigenvalue weighted by Crippen LogP contribution is 2.68. The molecule has 0 heterocycles. The first-order valence-corrected chi connectivity index (χ1v) is 18.0. The third kappa shape index (κ3) is 5.77. The number of hydrogen-bond acceptors (Lipinski definition) is 3. The van der Waals surface area contributed by atoms with Gasteiger partial charge in [-0.1, -0.05) is 84.2 Å². The van der Waals surface area contributed by atoms with E-state index >= 15 is 0 Å². The van der Waals surface area contributed by atoms with Crippen molar-refractivity contribution >= 4 is 16.8 Å². The first-order valence-electron chi connectivity index (χ1n) is 16.8. The Bertz CT molecular complexity index is 1130. The summed E-state index contributed by atoms with van der Waals surface area (Å²) >= 11 is 0. The van der Waals surface area contributed by atoms with E-state index in [-0.39, 0.29) is 22.7 Å². The highest BCUT2D eigenvalue weighted by Gasteiger charge is 2.62. The summed E-state index contributed by atoms with van der Waals surface area (Å²) < 4.78 is 20.2. The Hall–Kier alpha value is -1.42. The van der Waals surface area contributed by atoms with Gasteiger partial charge in [-0.25, -0.2) is 0 Å². The molecule has 3 nitrogen and oxygen atoms in total. The molecule has 0 saturated heterocycles. The molecule has 0 N–H and O–H groups in total. The molecule has 3 saturated carbocycles. The van der Waals surface area contributed by atoms with Gasteiger partial charge in [-0.05, 0) is 109 Å². The van der Waals surface area contributed by atoms with Crippen molar-refractivity contribution in [2.45, 2.75) is 129 Å². The first kappa shape index (κ1) is 31.0. The van der Waals surface area contributed by atoms with Crippen LogP contribution in [0.3, 0.4) is 0 Å². The zero-order valence-electron chi connectivity index (χ0n) is 26.9. The second kappa shape index (κ2) is 12.3. The van der Waals surface area contributed by atoms with Gasteiger partial charge in [-0.3, -0.25) is 9.00 Å². The van der Waals surface area contributed by atoms with Crippen molar-refractivity contribution < 1.29 is 13.7 Å². The smallest absolute Gasteiger partial charge is 0.302 e. The van der Waals surface area contributed by atoms with Gasteiger partial charge in [-0.15, -0.1) is 0 Å². The van der Waals surface area contributed by atoms with E-state index in [1.807, 2.05) is 18.2 Å². The molecule has 1 aromatic carbocycles. The zero-order valence-corrected chi connectivity index (χ0v) is 27.7. The molecule has 0 radical (unpaired) electrons. The lowest BCUT2D eigenvalue weighted by atomic mass is 9.46. The largest absolute Gasteiger partial charge is 0.462 e. The van der Waals surface area contributed by atoms with Gasteiger partial charge < -0.3 is 4.74 Å². The van der Waals surface area contributed by atoms with Gasteiger partial charge >= 0.3 is 5.97 Å². The van der Waals surface area contributed by atoms with E-state index in [9.17, 15) is 9.00 Å². The number of carbonyl (C=O) groups excluding carboxylic acids is 1. The molecule has 3 fully saturated rings. The van der Waals surface area contributed by atoms with Gasteiger partial charge in [0, 0.05) is 18.2 Å². The van der Waals surface area contributed by atoms with E-state index in [0.29, 0.717) is 23.2 Å². The molecule has 4 aliphatic carbocycles. The Morgan fingerprint density at radius 2 is 1.73 bits per heavy atom. The topological polar surface area (TPSA) is 43.4 Å². The minimum atomic E-state index is -1.09. The maximum Gasteiger partial charge on any atom is 0.302 e. The number of fused-ring (bicyclic) bond motifs is 5. The second-order valence-corrected chi connectivity index (χ2v) is 16.8. The van der Waals surface area contributed by atoms with Crippen LogP contribution < -0.4 is 0 Å². The SMILES string of the molecule is CC[C@H](CC[C@@H](C)[C@H]1CC[C@H]2[C@@H]3[C@@H](S(=O)c4ccccc4)C=C4C[C@@H](OC(C)=O)CC[C@]4(C)[C@H]3CC[C@]12C)C(C)C. The van der Waals surface area contributed by atoms with Gasteiger partial charge in [0.05, 0.1) is 16.0 Å². The Morgan fingerprint density at radius 3 is 2.39 bits per heavy atom. The minimum absolute atomic E-state index is 0.0330. The van der Waals surface area contributed by atoms with Crippen molar-refractivity contribution in [3.63, 3.8) is 0 Å². The summed E-state index contributed by atoms with van der Waals surface area (Å²) in [6.07, 6.45) is 14.4. The maximum atomic E-state index is 14.5. The van der Waals surface area contributed by atoms with Crippen LogP contribution in [0.4, 0.5) is 0 Å². The van der Waals surface area contributed by atoms with Crippen molar-refractivity contribution in [2.24, 2.45) is 52.3 Å². The maximum absolute atomic E-state index is 14.5. The van der Waals surface area contributed by atoms with E-state index in [4.69, 9.17) is 4.74 Å². The molecule has 0 spiro atoms. The van der Waals surface area contributed by atoms with Crippen molar-refractivity contribution in [3.8, 4) is 0 Å². The summed E-state index contributed by atoms with van der Waals surface area (Å²) in [6, 6.07) is 10.2. The van der Waals surface area contributed by atoms with Crippen LogP contribution >= 0.6 is 0 Å². The van der Waals surface area contributed by atoms with Crippen LogP contribution in [0.15, 0.2) is 46.9 Å². The number of benzene rings is 1. The number of hydrogen-bond donors (Lipinski definition) is 0. The first-order chi connectivity index (χ1) is 19.5. The normalized spacial score (nSPS) is 38.7. The van der Waals surface area contributed by atoms with Crippen LogP contribution in [0.5, 0.6) is 0 Å². The molecule has 0 aliphatic heterocycles. The summed E-state index contributed by atoms with van der Waals surface area (Å²) in [5.41, 5.74) is 1.86. The van der Waals surface area contributed by atoms with Crippen LogP contribution in [-0.4, -0.2) is 21.5 Å². The number of esters is 1. The summed E-state index contributed by atoms with van der Waals surface area (Å²) in [4.78, 5) is 12.8. The van der Waals surface area contributed by atoms with Gasteiger partial charge in [-0.2, -0.15) is 0 Å². The molecule has 41 heavy (non-hydrogen) atoms. The van der Waals surface area contributed by atoms with Crippen molar-refractivity contribution in [1.29, 1.82) is 0 Å². The summed E-state index contributed by atoms with van der Waals surface area (Å²) in [5, 5.41) is 0.0330. The predicted molar refractivity (Wildman–Crippen MR) is 170 cm³/mol. The fourth-order valence-corrected chi connectivity index (χ4v) is 12.2. The standard InChI is InChI=1S/C37H56O3S/c1-8-27(24(2)3)15-14-25(4)31-16-17-32-35-33(19-21-37(31,32)7)36(6)20-18-29(40-26(5)38)22-28(36)23-34(35)41(39)30-12-10-9-11-13-30/h9-13,23-25,27,29,31-35H,8,14-22H2,1-7H3/t25-,27-,29+,31-,32+,33+,34+,35+,36+,37-,41?/m1/s1. The fourth-order valence-electron chi connectivity index (χ4n) is 10.5. The van der Waals surface area contributed by atoms with Crippen molar-refractivity contribution in [3.05, 3.63) is 42.0 Å². The van der Waals surface area contributed by atoms with Gasteiger partial charge in [0.1, 0.15) is 6.10 Å². The average molecular weight is 581 g/mol.